The number of nitrogens with zero attached hydrogens (tertiary/aromatic N) is 4. The fourth-order valence-corrected chi connectivity index (χ4v) is 2.62. The summed E-state index contributed by atoms with van der Waals surface area (Å²) in [6.45, 7) is 1.84. The zero-order chi connectivity index (χ0) is 20.3. The van der Waals surface area contributed by atoms with Crippen molar-refractivity contribution >= 4 is 17.3 Å². The molecule has 0 aliphatic heterocycles. The molecule has 144 valence electrons. The van der Waals surface area contributed by atoms with Gasteiger partial charge in [0.25, 0.3) is 11.6 Å². The normalized spacial score (nSPS) is 10.4. The van der Waals surface area contributed by atoms with E-state index in [9.17, 15) is 14.9 Å². The third kappa shape index (κ3) is 3.61. The number of anilines is 1. The molecule has 0 aliphatic carbocycles. The van der Waals surface area contributed by atoms with Crippen molar-refractivity contribution in [3.63, 3.8) is 0 Å². The number of carbonyl (C=O) groups is 1. The van der Waals surface area contributed by atoms with Crippen molar-refractivity contribution in [3.05, 3.63) is 64.4 Å². The molecule has 2 heterocycles. The van der Waals surface area contributed by atoms with Crippen molar-refractivity contribution in [2.75, 3.05) is 19.5 Å². The monoisotopic (exact) mass is 383 g/mol. The maximum absolute atomic E-state index is 12.6. The van der Waals surface area contributed by atoms with Gasteiger partial charge in [-0.15, -0.1) is 0 Å². The van der Waals surface area contributed by atoms with Gasteiger partial charge in [0.05, 0.1) is 37.1 Å². The summed E-state index contributed by atoms with van der Waals surface area (Å²) in [4.78, 5) is 31.7. The summed E-state index contributed by atoms with van der Waals surface area (Å²) in [5, 5.41) is 14.0. The number of aryl methyl sites for hydroxylation is 1. The lowest BCUT2D eigenvalue weighted by atomic mass is 10.1. The summed E-state index contributed by atoms with van der Waals surface area (Å²) in [5.41, 5.74) is -0.165. The Morgan fingerprint density at radius 1 is 1.18 bits per heavy atom. The number of rotatable bonds is 6. The van der Waals surface area contributed by atoms with Crippen molar-refractivity contribution in [2.45, 2.75) is 6.92 Å². The zero-order valence-corrected chi connectivity index (χ0v) is 15.4. The number of nitrogens with one attached hydrogen (secondary N) is 1. The number of carbonyl (C=O) groups excluding carboxylic acids is 1. The van der Waals surface area contributed by atoms with Crippen LogP contribution in [0.25, 0.3) is 5.82 Å². The Hall–Kier alpha value is -3.95. The first-order valence-corrected chi connectivity index (χ1v) is 8.12. The third-order valence-corrected chi connectivity index (χ3v) is 4.02. The van der Waals surface area contributed by atoms with Crippen LogP contribution in [0, 0.1) is 17.0 Å². The smallest absolute Gasteiger partial charge is 0.286 e. The molecule has 10 heteroatoms. The third-order valence-electron chi connectivity index (χ3n) is 4.02. The molecular formula is C18H17N5O5. The van der Waals surface area contributed by atoms with Crippen LogP contribution >= 0.6 is 0 Å². The Bertz CT molecular complexity index is 1030. The van der Waals surface area contributed by atoms with E-state index in [0.29, 0.717) is 11.5 Å². The number of hydrogen-bond acceptors (Lipinski definition) is 7. The lowest BCUT2D eigenvalue weighted by molar-refractivity contribution is -0.385. The molecule has 0 bridgehead atoms. The molecule has 3 aromatic rings. The minimum atomic E-state index is -0.666. The lowest BCUT2D eigenvalue weighted by Crippen LogP contribution is -2.15. The summed E-state index contributed by atoms with van der Waals surface area (Å²) in [7, 11) is 2.74. The van der Waals surface area contributed by atoms with Gasteiger partial charge >= 0.3 is 0 Å². The fourth-order valence-electron chi connectivity index (χ4n) is 2.62. The first kappa shape index (κ1) is 18.8. The molecule has 0 atom stereocenters. The quantitative estimate of drug-likeness (QED) is 0.513. The Balaban J connectivity index is 1.88. The van der Waals surface area contributed by atoms with Crippen molar-refractivity contribution in [3.8, 4) is 17.3 Å². The summed E-state index contributed by atoms with van der Waals surface area (Å²) in [5.74, 6) is 1.10. The van der Waals surface area contributed by atoms with Crippen LogP contribution in [0.4, 0.5) is 11.4 Å². The highest BCUT2D eigenvalue weighted by atomic mass is 16.6. The van der Waals surface area contributed by atoms with Gasteiger partial charge in [-0.3, -0.25) is 19.5 Å². The van der Waals surface area contributed by atoms with E-state index in [1.165, 1.54) is 26.5 Å². The molecule has 0 unspecified atom stereocenters. The summed E-state index contributed by atoms with van der Waals surface area (Å²) in [6, 6.07) is 5.76. The largest absolute Gasteiger partial charge is 0.493 e. The second-order valence-corrected chi connectivity index (χ2v) is 5.69. The Kier molecular flexibility index (Phi) is 5.21. The van der Waals surface area contributed by atoms with Crippen LogP contribution in [0.2, 0.25) is 0 Å². The number of nitro groups is 1. The van der Waals surface area contributed by atoms with Crippen LogP contribution in [0.3, 0.4) is 0 Å². The molecule has 1 amide bonds. The molecule has 0 spiro atoms. The predicted octanol–water partition coefficient (Wildman–Crippen LogP) is 2.75. The number of pyridine rings is 1. The standard InChI is InChI=1S/C18H17N5O5/c1-11-19-6-7-22(11)17-5-4-12(10-20-17)21-18(24)13-8-15(27-2)16(28-3)9-14(13)23(25)26/h4-10H,1-3H3,(H,21,24). The van der Waals surface area contributed by atoms with Gasteiger partial charge in [0.2, 0.25) is 0 Å². The van der Waals surface area contributed by atoms with Gasteiger partial charge in [-0.2, -0.15) is 0 Å². The highest BCUT2D eigenvalue weighted by molar-refractivity contribution is 6.07. The van der Waals surface area contributed by atoms with Crippen LogP contribution in [-0.2, 0) is 0 Å². The number of benzene rings is 1. The van der Waals surface area contributed by atoms with Crippen molar-refractivity contribution in [1.29, 1.82) is 0 Å². The number of imidazole rings is 1. The Morgan fingerprint density at radius 2 is 1.89 bits per heavy atom. The van der Waals surface area contributed by atoms with Gasteiger partial charge in [0.15, 0.2) is 11.5 Å². The average molecular weight is 383 g/mol. The van der Waals surface area contributed by atoms with E-state index >= 15 is 0 Å². The molecule has 2 aromatic heterocycles. The molecule has 28 heavy (non-hydrogen) atoms. The second-order valence-electron chi connectivity index (χ2n) is 5.69. The minimum Gasteiger partial charge on any atom is -0.493 e. The maximum atomic E-state index is 12.6. The molecule has 10 nitrogen and oxygen atoms in total. The van der Waals surface area contributed by atoms with E-state index in [1.807, 2.05) is 6.92 Å². The summed E-state index contributed by atoms with van der Waals surface area (Å²) in [6.07, 6.45) is 4.88. The van der Waals surface area contributed by atoms with E-state index in [-0.39, 0.29) is 17.1 Å². The number of ether oxygens (including phenoxy) is 2. The number of amides is 1. The topological polar surface area (TPSA) is 121 Å². The van der Waals surface area contributed by atoms with Crippen LogP contribution in [0.1, 0.15) is 16.2 Å². The van der Waals surface area contributed by atoms with Crippen LogP contribution < -0.4 is 14.8 Å². The molecule has 0 saturated carbocycles. The van der Waals surface area contributed by atoms with Gasteiger partial charge in [-0.05, 0) is 19.1 Å². The lowest BCUT2D eigenvalue weighted by Gasteiger charge is -2.11. The van der Waals surface area contributed by atoms with E-state index in [1.54, 1.807) is 29.1 Å². The molecule has 0 saturated heterocycles. The molecule has 1 N–H and O–H groups in total. The first-order valence-electron chi connectivity index (χ1n) is 8.12. The molecule has 0 aliphatic rings. The molecule has 0 radical (unpaired) electrons. The van der Waals surface area contributed by atoms with Crippen LogP contribution in [0.5, 0.6) is 11.5 Å². The molecule has 3 rings (SSSR count). The number of nitro benzene ring substituents is 1. The van der Waals surface area contributed by atoms with Crippen molar-refractivity contribution < 1.29 is 19.2 Å². The maximum Gasteiger partial charge on any atom is 0.286 e. The molecule has 1 aromatic carbocycles. The highest BCUT2D eigenvalue weighted by Crippen LogP contribution is 2.34. The SMILES string of the molecule is COc1cc(C(=O)Nc2ccc(-n3ccnc3C)nc2)c([N+](=O)[O-])cc1OC. The fraction of sp³-hybridized carbons (Fsp3) is 0.167. The van der Waals surface area contributed by atoms with Gasteiger partial charge < -0.3 is 14.8 Å². The minimum absolute atomic E-state index is 0.155. The highest BCUT2D eigenvalue weighted by Gasteiger charge is 2.24. The Morgan fingerprint density at radius 3 is 2.43 bits per heavy atom. The van der Waals surface area contributed by atoms with Crippen LogP contribution in [-0.4, -0.2) is 39.6 Å². The number of hydrogen-bond donors (Lipinski definition) is 1. The molecular weight excluding hydrogens is 366 g/mol. The van der Waals surface area contributed by atoms with Gasteiger partial charge in [0.1, 0.15) is 17.2 Å². The summed E-state index contributed by atoms with van der Waals surface area (Å²) >= 11 is 0. The van der Waals surface area contributed by atoms with E-state index < -0.39 is 16.5 Å². The average Bonchev–Trinajstić information content (AvgIpc) is 3.13. The van der Waals surface area contributed by atoms with Gasteiger partial charge in [-0.25, -0.2) is 9.97 Å². The van der Waals surface area contributed by atoms with Crippen molar-refractivity contribution in [1.82, 2.24) is 14.5 Å². The van der Waals surface area contributed by atoms with Crippen molar-refractivity contribution in [2.24, 2.45) is 0 Å². The number of methoxy groups -OCH3 is 2. The second kappa shape index (κ2) is 7.74. The first-order chi connectivity index (χ1) is 13.4. The zero-order valence-electron chi connectivity index (χ0n) is 15.4. The summed E-state index contributed by atoms with van der Waals surface area (Å²) < 4.78 is 12.0. The van der Waals surface area contributed by atoms with Crippen LogP contribution in [0.15, 0.2) is 42.9 Å². The predicted molar refractivity (Wildman–Crippen MR) is 100 cm³/mol. The van der Waals surface area contributed by atoms with E-state index in [4.69, 9.17) is 9.47 Å². The Labute approximate surface area is 159 Å². The van der Waals surface area contributed by atoms with Gasteiger partial charge in [-0.1, -0.05) is 0 Å². The van der Waals surface area contributed by atoms with E-state index in [0.717, 1.165) is 11.9 Å². The molecule has 0 fully saturated rings. The van der Waals surface area contributed by atoms with E-state index in [2.05, 4.69) is 15.3 Å². The van der Waals surface area contributed by atoms with Gasteiger partial charge in [0, 0.05) is 18.5 Å². The number of aromatic nitrogens is 3.